The molecule has 4 unspecified atom stereocenters. The second-order valence-electron chi connectivity index (χ2n) is 7.27. The maximum atomic E-state index is 12.4. The van der Waals surface area contributed by atoms with E-state index in [1.165, 1.54) is 7.11 Å². The first-order valence-corrected chi connectivity index (χ1v) is 11.8. The molecule has 0 saturated carbocycles. The van der Waals surface area contributed by atoms with E-state index < -0.39 is 28.3 Å². The zero-order chi connectivity index (χ0) is 21.4. The summed E-state index contributed by atoms with van der Waals surface area (Å²) in [5.41, 5.74) is 0. The van der Waals surface area contributed by atoms with Crippen LogP contribution in [0.2, 0.25) is 0 Å². The minimum atomic E-state index is -1.93. The van der Waals surface area contributed by atoms with Gasteiger partial charge in [-0.2, -0.15) is 0 Å². The molecule has 0 N–H and O–H groups in total. The lowest BCUT2D eigenvalue weighted by molar-refractivity contribution is -0.151. The van der Waals surface area contributed by atoms with Gasteiger partial charge in [0.05, 0.1) is 26.7 Å². The molecule has 0 heterocycles. The van der Waals surface area contributed by atoms with Crippen molar-refractivity contribution < 1.29 is 27.5 Å². The summed E-state index contributed by atoms with van der Waals surface area (Å²) in [5, 5.41) is -1.16. The monoisotopic (exact) mass is 420 g/mol. The molecule has 4 atom stereocenters. The van der Waals surface area contributed by atoms with E-state index in [4.69, 9.17) is 13.7 Å². The molecule has 0 amide bonds. The lowest BCUT2D eigenvalue weighted by Crippen LogP contribution is -2.33. The highest BCUT2D eigenvalue weighted by atomic mass is 32.2. The third-order valence-corrected chi connectivity index (χ3v) is 6.19. The van der Waals surface area contributed by atoms with Crippen molar-refractivity contribution in [3.63, 3.8) is 0 Å². The highest BCUT2D eigenvalue weighted by Gasteiger charge is 2.31. The summed E-state index contributed by atoms with van der Waals surface area (Å²) in [7, 11) is 1.25. The first-order chi connectivity index (χ1) is 13.4. The van der Waals surface area contributed by atoms with Crippen molar-refractivity contribution in [3.05, 3.63) is 0 Å². The molecule has 0 radical (unpaired) electrons. The second-order valence-corrected chi connectivity index (χ2v) is 8.69. The SMILES string of the molecule is CCCCC(CC)COC(=O)CC(C(=O)OCC(CC)CCCC)S(=O)OC. The Labute approximate surface area is 173 Å². The first kappa shape index (κ1) is 27.0. The van der Waals surface area contributed by atoms with Crippen molar-refractivity contribution in [2.24, 2.45) is 11.8 Å². The normalized spacial score (nSPS) is 15.5. The van der Waals surface area contributed by atoms with Crippen LogP contribution in [-0.2, 0) is 34.3 Å². The van der Waals surface area contributed by atoms with E-state index in [2.05, 4.69) is 27.7 Å². The summed E-state index contributed by atoms with van der Waals surface area (Å²) in [6.45, 7) is 8.96. The molecular weight excluding hydrogens is 380 g/mol. The Morgan fingerprint density at radius 3 is 1.79 bits per heavy atom. The Bertz CT molecular complexity index is 454. The quantitative estimate of drug-likeness (QED) is 0.321. The number of ether oxygens (including phenoxy) is 2. The molecule has 0 aromatic carbocycles. The lowest BCUT2D eigenvalue weighted by Gasteiger charge is -2.19. The van der Waals surface area contributed by atoms with Crippen molar-refractivity contribution in [1.82, 2.24) is 0 Å². The summed E-state index contributed by atoms with van der Waals surface area (Å²) < 4.78 is 27.6. The van der Waals surface area contributed by atoms with Crippen molar-refractivity contribution in [2.45, 2.75) is 90.7 Å². The number of carbonyl (C=O) groups excluding carboxylic acids is 2. The maximum Gasteiger partial charge on any atom is 0.324 e. The van der Waals surface area contributed by atoms with Gasteiger partial charge in [-0.25, -0.2) is 4.21 Å². The van der Waals surface area contributed by atoms with Gasteiger partial charge in [-0.15, -0.1) is 0 Å². The minimum absolute atomic E-state index is 0.274. The van der Waals surface area contributed by atoms with Gasteiger partial charge in [-0.3, -0.25) is 13.8 Å². The van der Waals surface area contributed by atoms with Gasteiger partial charge >= 0.3 is 11.9 Å². The summed E-state index contributed by atoms with van der Waals surface area (Å²) in [6.07, 6.45) is 7.88. The molecule has 0 saturated heterocycles. The first-order valence-electron chi connectivity index (χ1n) is 10.7. The van der Waals surface area contributed by atoms with Gasteiger partial charge in [0.2, 0.25) is 0 Å². The fourth-order valence-electron chi connectivity index (χ4n) is 2.86. The van der Waals surface area contributed by atoms with Gasteiger partial charge in [-0.05, 0) is 24.7 Å². The van der Waals surface area contributed by atoms with Crippen LogP contribution in [0.4, 0.5) is 0 Å². The van der Waals surface area contributed by atoms with E-state index in [9.17, 15) is 13.8 Å². The highest BCUT2D eigenvalue weighted by Crippen LogP contribution is 2.16. The molecule has 0 spiro atoms. The van der Waals surface area contributed by atoms with E-state index in [0.29, 0.717) is 12.5 Å². The smallest absolute Gasteiger partial charge is 0.324 e. The van der Waals surface area contributed by atoms with Crippen LogP contribution in [0.5, 0.6) is 0 Å². The van der Waals surface area contributed by atoms with Crippen LogP contribution >= 0.6 is 0 Å². The Hall–Kier alpha value is -0.950. The van der Waals surface area contributed by atoms with Gasteiger partial charge in [0.15, 0.2) is 16.3 Å². The van der Waals surface area contributed by atoms with Crippen molar-refractivity contribution in [2.75, 3.05) is 20.3 Å². The average Bonchev–Trinajstić information content (AvgIpc) is 2.71. The van der Waals surface area contributed by atoms with E-state index in [0.717, 1.165) is 51.4 Å². The number of esters is 2. The summed E-state index contributed by atoms with van der Waals surface area (Å²) in [5.74, 6) is -0.618. The zero-order valence-corrected chi connectivity index (χ0v) is 19.2. The zero-order valence-electron chi connectivity index (χ0n) is 18.4. The second kappa shape index (κ2) is 17.0. The fraction of sp³-hybridized carbons (Fsp3) is 0.905. The van der Waals surface area contributed by atoms with E-state index >= 15 is 0 Å². The number of hydrogen-bond acceptors (Lipinski definition) is 6. The maximum absolute atomic E-state index is 12.4. The van der Waals surface area contributed by atoms with Gasteiger partial charge in [0.25, 0.3) is 0 Å². The van der Waals surface area contributed by atoms with Crippen molar-refractivity contribution in [1.29, 1.82) is 0 Å². The molecule has 0 aliphatic carbocycles. The molecule has 0 aliphatic heterocycles. The summed E-state index contributed by atoms with van der Waals surface area (Å²) in [4.78, 5) is 24.6. The molecular formula is C21H40O6S. The van der Waals surface area contributed by atoms with Crippen molar-refractivity contribution in [3.8, 4) is 0 Å². The Morgan fingerprint density at radius 2 is 1.36 bits per heavy atom. The molecule has 0 fully saturated rings. The molecule has 28 heavy (non-hydrogen) atoms. The van der Waals surface area contributed by atoms with Crippen LogP contribution in [0.25, 0.3) is 0 Å². The van der Waals surface area contributed by atoms with Crippen LogP contribution in [0.3, 0.4) is 0 Å². The number of rotatable bonds is 17. The molecule has 0 rings (SSSR count). The van der Waals surface area contributed by atoms with Crippen LogP contribution in [0, 0.1) is 11.8 Å². The Morgan fingerprint density at radius 1 is 0.857 bits per heavy atom. The van der Waals surface area contributed by atoms with Gasteiger partial charge in [0, 0.05) is 0 Å². The number of unbranched alkanes of at least 4 members (excludes halogenated alkanes) is 2. The Balaban J connectivity index is 4.65. The Kier molecular flexibility index (Phi) is 16.4. The van der Waals surface area contributed by atoms with Gasteiger partial charge in [-0.1, -0.05) is 66.2 Å². The van der Waals surface area contributed by atoms with Crippen molar-refractivity contribution >= 4 is 23.0 Å². The predicted octanol–water partition coefficient (Wildman–Crippen LogP) is 4.57. The predicted molar refractivity (Wildman–Crippen MR) is 112 cm³/mol. The molecule has 0 aromatic heterocycles. The van der Waals surface area contributed by atoms with E-state index in [1.54, 1.807) is 0 Å². The van der Waals surface area contributed by atoms with Crippen LogP contribution in [-0.4, -0.2) is 41.7 Å². The van der Waals surface area contributed by atoms with Crippen LogP contribution in [0.15, 0.2) is 0 Å². The van der Waals surface area contributed by atoms with E-state index in [-0.39, 0.29) is 18.9 Å². The summed E-state index contributed by atoms with van der Waals surface area (Å²) in [6, 6.07) is 0. The van der Waals surface area contributed by atoms with Crippen LogP contribution < -0.4 is 0 Å². The largest absolute Gasteiger partial charge is 0.465 e. The topological polar surface area (TPSA) is 78.9 Å². The molecule has 6 nitrogen and oxygen atoms in total. The third kappa shape index (κ3) is 11.8. The average molecular weight is 421 g/mol. The number of carbonyl (C=O) groups is 2. The third-order valence-electron chi connectivity index (χ3n) is 5.04. The lowest BCUT2D eigenvalue weighted by atomic mass is 10.0. The van der Waals surface area contributed by atoms with Gasteiger partial charge in [0.1, 0.15) is 0 Å². The number of hydrogen-bond donors (Lipinski definition) is 0. The van der Waals surface area contributed by atoms with Crippen LogP contribution in [0.1, 0.15) is 85.5 Å². The molecule has 0 aromatic rings. The fourth-order valence-corrected chi connectivity index (χ4v) is 3.59. The van der Waals surface area contributed by atoms with E-state index in [1.807, 2.05) is 0 Å². The minimum Gasteiger partial charge on any atom is -0.465 e. The molecule has 0 aliphatic rings. The van der Waals surface area contributed by atoms with Gasteiger partial charge < -0.3 is 9.47 Å². The molecule has 0 bridgehead atoms. The molecule has 166 valence electrons. The highest BCUT2D eigenvalue weighted by molar-refractivity contribution is 7.81. The summed E-state index contributed by atoms with van der Waals surface area (Å²) >= 11 is -1.93. The standard InChI is InChI=1S/C21H40O6S/c1-6-10-12-17(8-3)15-26-20(22)14-19(28(24)25-5)21(23)27-16-18(9-4)13-11-7-2/h17-19H,6-16H2,1-5H3. The molecule has 7 heteroatoms.